The average Bonchev–Trinajstić information content (AvgIpc) is 3.15. The Kier molecular flexibility index (Phi) is 4.91. The number of pyridine rings is 1. The fourth-order valence-corrected chi connectivity index (χ4v) is 3.60. The summed E-state index contributed by atoms with van der Waals surface area (Å²) in [6, 6.07) is 12.6. The van der Waals surface area contributed by atoms with Crippen molar-refractivity contribution < 1.29 is 9.57 Å². The number of aromatic nitrogens is 2. The molecule has 0 radical (unpaired) electrons. The molecular weight excluding hydrogens is 326 g/mol. The van der Waals surface area contributed by atoms with E-state index in [1.165, 1.54) is 16.8 Å². The van der Waals surface area contributed by atoms with Crippen LogP contribution in [0.3, 0.4) is 0 Å². The first-order valence-corrected chi connectivity index (χ1v) is 9.32. The molecule has 3 aromatic rings. The molecule has 0 spiro atoms. The zero-order valence-corrected chi connectivity index (χ0v) is 15.4. The predicted molar refractivity (Wildman–Crippen MR) is 102 cm³/mol. The van der Waals surface area contributed by atoms with Crippen molar-refractivity contribution in [1.29, 1.82) is 0 Å². The zero-order valence-electron chi connectivity index (χ0n) is 15.4. The second-order valence-corrected chi connectivity index (χ2v) is 6.68. The third kappa shape index (κ3) is 3.45. The standard InChI is InChI=1S/C21H25N3O2/c1-3-25-23-13-10-19(11-14-23)26-18-6-4-17(5-7-18)20-8-9-21-22-12-15-24(21)16(20)2/h4-9,12,15,19H,3,10-11,13-14H2,1-2H3. The van der Waals surface area contributed by atoms with Crippen molar-refractivity contribution in [2.24, 2.45) is 0 Å². The lowest BCUT2D eigenvalue weighted by molar-refractivity contribution is -0.173. The smallest absolute Gasteiger partial charge is 0.136 e. The van der Waals surface area contributed by atoms with Crippen LogP contribution in [0.4, 0.5) is 0 Å². The van der Waals surface area contributed by atoms with E-state index in [1.807, 2.05) is 24.4 Å². The van der Waals surface area contributed by atoms with E-state index in [1.54, 1.807) is 0 Å². The van der Waals surface area contributed by atoms with Gasteiger partial charge in [-0.1, -0.05) is 12.1 Å². The van der Waals surface area contributed by atoms with E-state index in [-0.39, 0.29) is 6.10 Å². The van der Waals surface area contributed by atoms with Crippen LogP contribution >= 0.6 is 0 Å². The minimum Gasteiger partial charge on any atom is -0.490 e. The minimum absolute atomic E-state index is 0.265. The number of rotatable bonds is 5. The number of ether oxygens (including phenoxy) is 1. The Morgan fingerprint density at radius 1 is 1.08 bits per heavy atom. The molecule has 3 heterocycles. The number of piperidine rings is 1. The summed E-state index contributed by atoms with van der Waals surface area (Å²) in [6.45, 7) is 6.75. The molecule has 2 aromatic heterocycles. The van der Waals surface area contributed by atoms with E-state index in [2.05, 4.69) is 52.7 Å². The van der Waals surface area contributed by atoms with Gasteiger partial charge in [0.1, 0.15) is 17.5 Å². The van der Waals surface area contributed by atoms with Gasteiger partial charge in [-0.15, -0.1) is 0 Å². The first-order chi connectivity index (χ1) is 12.7. The van der Waals surface area contributed by atoms with Gasteiger partial charge in [-0.05, 0) is 56.5 Å². The normalized spacial score (nSPS) is 16.2. The van der Waals surface area contributed by atoms with Crippen molar-refractivity contribution >= 4 is 5.65 Å². The predicted octanol–water partition coefficient (Wildman–Crippen LogP) is 4.10. The van der Waals surface area contributed by atoms with Crippen LogP contribution in [0, 0.1) is 6.92 Å². The Morgan fingerprint density at radius 2 is 1.85 bits per heavy atom. The molecule has 0 atom stereocenters. The van der Waals surface area contributed by atoms with E-state index in [9.17, 15) is 0 Å². The maximum atomic E-state index is 6.16. The SMILES string of the molecule is CCON1CCC(Oc2ccc(-c3ccc4nccn4c3C)cc2)CC1. The van der Waals surface area contributed by atoms with Gasteiger partial charge >= 0.3 is 0 Å². The highest BCUT2D eigenvalue weighted by Crippen LogP contribution is 2.27. The molecule has 1 aliphatic rings. The van der Waals surface area contributed by atoms with Crippen LogP contribution in [0.25, 0.3) is 16.8 Å². The quantitative estimate of drug-likeness (QED) is 0.694. The Bertz CT molecular complexity index is 865. The summed E-state index contributed by atoms with van der Waals surface area (Å²) in [4.78, 5) is 9.89. The lowest BCUT2D eigenvalue weighted by atomic mass is 10.0. The molecular formula is C21H25N3O2. The second kappa shape index (κ2) is 7.48. The molecule has 136 valence electrons. The number of nitrogens with zero attached hydrogens (tertiary/aromatic N) is 3. The van der Waals surface area contributed by atoms with Gasteiger partial charge in [0.25, 0.3) is 0 Å². The molecule has 1 fully saturated rings. The number of aryl methyl sites for hydroxylation is 1. The molecule has 26 heavy (non-hydrogen) atoms. The molecule has 0 saturated carbocycles. The van der Waals surface area contributed by atoms with Crippen molar-refractivity contribution in [3.8, 4) is 16.9 Å². The molecule has 0 amide bonds. The second-order valence-electron chi connectivity index (χ2n) is 6.68. The molecule has 0 bridgehead atoms. The third-order valence-corrected chi connectivity index (χ3v) is 5.00. The van der Waals surface area contributed by atoms with Crippen molar-refractivity contribution in [1.82, 2.24) is 14.4 Å². The highest BCUT2D eigenvalue weighted by atomic mass is 16.7. The van der Waals surface area contributed by atoms with Crippen LogP contribution in [0.15, 0.2) is 48.8 Å². The van der Waals surface area contributed by atoms with Crippen LogP contribution in [-0.4, -0.2) is 40.2 Å². The van der Waals surface area contributed by atoms with Crippen molar-refractivity contribution in [3.63, 3.8) is 0 Å². The Morgan fingerprint density at radius 3 is 2.58 bits per heavy atom. The van der Waals surface area contributed by atoms with Gasteiger partial charge < -0.3 is 9.14 Å². The van der Waals surface area contributed by atoms with E-state index in [0.29, 0.717) is 0 Å². The molecule has 5 nitrogen and oxygen atoms in total. The molecule has 1 aromatic carbocycles. The lowest BCUT2D eigenvalue weighted by Crippen LogP contribution is -2.38. The van der Waals surface area contributed by atoms with Crippen LogP contribution < -0.4 is 4.74 Å². The summed E-state index contributed by atoms with van der Waals surface area (Å²) in [5, 5.41) is 2.04. The molecule has 1 aliphatic heterocycles. The van der Waals surface area contributed by atoms with E-state index < -0.39 is 0 Å². The van der Waals surface area contributed by atoms with Crippen LogP contribution in [-0.2, 0) is 4.84 Å². The van der Waals surface area contributed by atoms with Gasteiger partial charge in [-0.3, -0.25) is 4.84 Å². The van der Waals surface area contributed by atoms with Gasteiger partial charge in [0.2, 0.25) is 0 Å². The Balaban J connectivity index is 1.44. The van der Waals surface area contributed by atoms with Gasteiger partial charge in [-0.25, -0.2) is 4.98 Å². The van der Waals surface area contributed by atoms with Gasteiger partial charge in [0.05, 0.1) is 6.61 Å². The highest BCUT2D eigenvalue weighted by molar-refractivity contribution is 5.68. The summed E-state index contributed by atoms with van der Waals surface area (Å²) in [5.74, 6) is 0.935. The zero-order chi connectivity index (χ0) is 17.9. The molecule has 0 aliphatic carbocycles. The summed E-state index contributed by atoms with van der Waals surface area (Å²) in [7, 11) is 0. The third-order valence-electron chi connectivity index (χ3n) is 5.00. The Labute approximate surface area is 154 Å². The van der Waals surface area contributed by atoms with Gasteiger partial charge in [-0.2, -0.15) is 5.06 Å². The molecule has 0 unspecified atom stereocenters. The van der Waals surface area contributed by atoms with Crippen LogP contribution in [0.1, 0.15) is 25.5 Å². The lowest BCUT2D eigenvalue weighted by Gasteiger charge is -2.31. The van der Waals surface area contributed by atoms with E-state index >= 15 is 0 Å². The monoisotopic (exact) mass is 351 g/mol. The number of imidazole rings is 1. The average molecular weight is 351 g/mol. The maximum absolute atomic E-state index is 6.16. The summed E-state index contributed by atoms with van der Waals surface area (Å²) >= 11 is 0. The fourth-order valence-electron chi connectivity index (χ4n) is 3.60. The molecule has 1 saturated heterocycles. The van der Waals surface area contributed by atoms with Crippen molar-refractivity contribution in [3.05, 3.63) is 54.5 Å². The first-order valence-electron chi connectivity index (χ1n) is 9.32. The molecule has 5 heteroatoms. The highest BCUT2D eigenvalue weighted by Gasteiger charge is 2.20. The van der Waals surface area contributed by atoms with Crippen molar-refractivity contribution in [2.75, 3.05) is 19.7 Å². The van der Waals surface area contributed by atoms with E-state index in [4.69, 9.17) is 9.57 Å². The van der Waals surface area contributed by atoms with Crippen LogP contribution in [0.5, 0.6) is 5.75 Å². The number of hydroxylamine groups is 2. The summed E-state index contributed by atoms with van der Waals surface area (Å²) in [5.41, 5.74) is 4.57. The van der Waals surface area contributed by atoms with Crippen molar-refractivity contribution in [2.45, 2.75) is 32.8 Å². The molecule has 4 rings (SSSR count). The molecule has 0 N–H and O–H groups in total. The fraction of sp³-hybridized carbons (Fsp3) is 0.381. The number of hydrogen-bond acceptors (Lipinski definition) is 4. The van der Waals surface area contributed by atoms with Gasteiger partial charge in [0.15, 0.2) is 0 Å². The number of benzene rings is 1. The minimum atomic E-state index is 0.265. The topological polar surface area (TPSA) is 39.0 Å². The summed E-state index contributed by atoms with van der Waals surface area (Å²) in [6.07, 6.45) is 6.10. The van der Waals surface area contributed by atoms with Gasteiger partial charge in [0, 0.05) is 36.7 Å². The van der Waals surface area contributed by atoms with Crippen LogP contribution in [0.2, 0.25) is 0 Å². The Hall–Kier alpha value is -2.37. The largest absolute Gasteiger partial charge is 0.490 e. The maximum Gasteiger partial charge on any atom is 0.136 e. The summed E-state index contributed by atoms with van der Waals surface area (Å²) < 4.78 is 8.28. The van der Waals surface area contributed by atoms with E-state index in [0.717, 1.165) is 43.9 Å². The number of fused-ring (bicyclic) bond motifs is 1. The number of hydrogen-bond donors (Lipinski definition) is 0. The first kappa shape index (κ1) is 17.1.